The number of carbonyl (C=O) groups excluding carboxylic acids is 1. The predicted octanol–water partition coefficient (Wildman–Crippen LogP) is 4.05. The van der Waals surface area contributed by atoms with Crippen LogP contribution in [0.2, 0.25) is 5.02 Å². The number of ether oxygens (including phenoxy) is 1. The summed E-state index contributed by atoms with van der Waals surface area (Å²) in [5.74, 6) is 0.829. The molecule has 1 N–H and O–H groups in total. The number of hydrogen-bond donors (Lipinski definition) is 1. The molecule has 0 saturated heterocycles. The van der Waals surface area contributed by atoms with Gasteiger partial charge in [0.05, 0.1) is 12.9 Å². The molecule has 24 heavy (non-hydrogen) atoms. The van der Waals surface area contributed by atoms with Gasteiger partial charge in [-0.1, -0.05) is 22.8 Å². The Balaban J connectivity index is 1.49. The minimum atomic E-state index is -0.268. The number of hydrogen-bond acceptors (Lipinski definition) is 5. The van der Waals surface area contributed by atoms with Crippen LogP contribution in [0.3, 0.4) is 0 Å². The van der Waals surface area contributed by atoms with Crippen LogP contribution in [0.25, 0.3) is 11.5 Å². The summed E-state index contributed by atoms with van der Waals surface area (Å²) in [7, 11) is 0. The molecule has 6 nitrogen and oxygen atoms in total. The van der Waals surface area contributed by atoms with Crippen LogP contribution < -0.4 is 5.32 Å². The summed E-state index contributed by atoms with van der Waals surface area (Å²) in [5, 5.41) is 7.23. The van der Waals surface area contributed by atoms with Gasteiger partial charge in [-0.15, -0.1) is 0 Å². The molecular formula is C17H15ClN2O4. The summed E-state index contributed by atoms with van der Waals surface area (Å²) in [5.41, 5.74) is 2.05. The highest BCUT2D eigenvalue weighted by Crippen LogP contribution is 2.23. The third-order valence-electron chi connectivity index (χ3n) is 3.35. The van der Waals surface area contributed by atoms with E-state index >= 15 is 0 Å². The zero-order chi connectivity index (χ0) is 16.9. The molecule has 2 aromatic heterocycles. The number of aromatic nitrogens is 1. The van der Waals surface area contributed by atoms with Gasteiger partial charge in [0.15, 0.2) is 5.76 Å². The molecule has 0 atom stereocenters. The van der Waals surface area contributed by atoms with Gasteiger partial charge in [-0.25, -0.2) is 0 Å². The van der Waals surface area contributed by atoms with Crippen LogP contribution >= 0.6 is 11.6 Å². The molecule has 0 bridgehead atoms. The number of rotatable bonds is 6. The first-order chi connectivity index (χ1) is 11.6. The molecule has 124 valence electrons. The number of anilines is 1. The largest absolute Gasteiger partial charge is 0.461 e. The molecular weight excluding hydrogens is 332 g/mol. The van der Waals surface area contributed by atoms with Gasteiger partial charge in [-0.05, 0) is 36.8 Å². The van der Waals surface area contributed by atoms with Crippen LogP contribution in [0, 0.1) is 6.92 Å². The SMILES string of the molecule is Cc1c(Cl)cccc1NC(=O)COCc1cc(-c2ccco2)on1. The zero-order valence-electron chi connectivity index (χ0n) is 12.9. The molecule has 1 aromatic carbocycles. The number of carbonyl (C=O) groups is 1. The summed E-state index contributed by atoms with van der Waals surface area (Å²) < 4.78 is 15.7. The molecule has 3 aromatic rings. The van der Waals surface area contributed by atoms with Crippen molar-refractivity contribution in [3.8, 4) is 11.5 Å². The quantitative estimate of drug-likeness (QED) is 0.728. The first-order valence-corrected chi connectivity index (χ1v) is 7.63. The average molecular weight is 347 g/mol. The fourth-order valence-electron chi connectivity index (χ4n) is 2.09. The van der Waals surface area contributed by atoms with Crippen molar-refractivity contribution in [1.82, 2.24) is 5.16 Å². The maximum Gasteiger partial charge on any atom is 0.250 e. The van der Waals surface area contributed by atoms with Gasteiger partial charge in [0, 0.05) is 16.8 Å². The van der Waals surface area contributed by atoms with Crippen LogP contribution in [0.1, 0.15) is 11.3 Å². The second-order valence-corrected chi connectivity index (χ2v) is 5.52. The number of benzene rings is 1. The number of nitrogens with one attached hydrogen (secondary N) is 1. The second-order valence-electron chi connectivity index (χ2n) is 5.11. The van der Waals surface area contributed by atoms with E-state index < -0.39 is 0 Å². The molecule has 0 fully saturated rings. The van der Waals surface area contributed by atoms with Crippen molar-refractivity contribution >= 4 is 23.2 Å². The van der Waals surface area contributed by atoms with Gasteiger partial charge >= 0.3 is 0 Å². The maximum atomic E-state index is 11.9. The standard InChI is InChI=1S/C17H15ClN2O4/c1-11-13(18)4-2-5-14(11)19-17(21)10-22-9-12-8-16(24-20-12)15-6-3-7-23-15/h2-8H,9-10H2,1H3,(H,19,21). The third-order valence-corrected chi connectivity index (χ3v) is 3.76. The Morgan fingerprint density at radius 2 is 2.17 bits per heavy atom. The number of halogens is 1. The highest BCUT2D eigenvalue weighted by atomic mass is 35.5. The Labute approximate surface area is 143 Å². The van der Waals surface area contributed by atoms with E-state index in [9.17, 15) is 4.79 Å². The van der Waals surface area contributed by atoms with E-state index in [4.69, 9.17) is 25.3 Å². The monoisotopic (exact) mass is 346 g/mol. The summed E-state index contributed by atoms with van der Waals surface area (Å²) in [4.78, 5) is 11.9. The van der Waals surface area contributed by atoms with Crippen molar-refractivity contribution in [1.29, 1.82) is 0 Å². The first kappa shape index (κ1) is 16.3. The Bertz CT molecular complexity index is 827. The fourth-order valence-corrected chi connectivity index (χ4v) is 2.27. The third kappa shape index (κ3) is 3.84. The van der Waals surface area contributed by atoms with Crippen LogP contribution in [0.15, 0.2) is 51.6 Å². The van der Waals surface area contributed by atoms with E-state index in [0.29, 0.717) is 27.9 Å². The van der Waals surface area contributed by atoms with Gasteiger partial charge in [0.1, 0.15) is 12.3 Å². The van der Waals surface area contributed by atoms with Crippen molar-refractivity contribution in [2.75, 3.05) is 11.9 Å². The summed E-state index contributed by atoms with van der Waals surface area (Å²) in [6.45, 7) is 1.89. The van der Waals surface area contributed by atoms with Gasteiger partial charge in [0.2, 0.25) is 11.7 Å². The van der Waals surface area contributed by atoms with Crippen molar-refractivity contribution in [3.05, 3.63) is 58.9 Å². The summed E-state index contributed by atoms with van der Waals surface area (Å²) in [6.07, 6.45) is 1.55. The van der Waals surface area contributed by atoms with Gasteiger partial charge < -0.3 is 19.0 Å². The molecule has 0 unspecified atom stereocenters. The summed E-state index contributed by atoms with van der Waals surface area (Å²) in [6, 6.07) is 10.6. The molecule has 0 aliphatic rings. The van der Waals surface area contributed by atoms with Crippen LogP contribution in [-0.4, -0.2) is 17.7 Å². The van der Waals surface area contributed by atoms with E-state index in [2.05, 4.69) is 10.5 Å². The molecule has 0 radical (unpaired) electrons. The highest BCUT2D eigenvalue weighted by Gasteiger charge is 2.11. The number of amides is 1. The van der Waals surface area contributed by atoms with E-state index in [1.54, 1.807) is 42.7 Å². The molecule has 7 heteroatoms. The number of nitrogens with zero attached hydrogens (tertiary/aromatic N) is 1. The minimum Gasteiger partial charge on any atom is -0.461 e. The lowest BCUT2D eigenvalue weighted by atomic mass is 10.2. The van der Waals surface area contributed by atoms with E-state index in [-0.39, 0.29) is 19.1 Å². The first-order valence-electron chi connectivity index (χ1n) is 7.25. The smallest absolute Gasteiger partial charge is 0.250 e. The highest BCUT2D eigenvalue weighted by molar-refractivity contribution is 6.31. The molecule has 0 saturated carbocycles. The Hall–Kier alpha value is -2.57. The topological polar surface area (TPSA) is 77.5 Å². The molecule has 0 aliphatic carbocycles. The van der Waals surface area contributed by atoms with E-state index in [0.717, 1.165) is 5.56 Å². The van der Waals surface area contributed by atoms with Crippen molar-refractivity contribution in [3.63, 3.8) is 0 Å². The Morgan fingerprint density at radius 1 is 1.29 bits per heavy atom. The minimum absolute atomic E-state index is 0.102. The van der Waals surface area contributed by atoms with Crippen molar-refractivity contribution < 1.29 is 18.5 Å². The predicted molar refractivity (Wildman–Crippen MR) is 88.7 cm³/mol. The molecule has 3 rings (SSSR count). The van der Waals surface area contributed by atoms with Gasteiger partial charge in [-0.3, -0.25) is 4.79 Å². The maximum absolute atomic E-state index is 11.9. The summed E-state index contributed by atoms with van der Waals surface area (Å²) >= 11 is 6.02. The normalized spacial score (nSPS) is 10.8. The average Bonchev–Trinajstić information content (AvgIpc) is 3.23. The van der Waals surface area contributed by atoms with Gasteiger partial charge in [-0.2, -0.15) is 0 Å². The van der Waals surface area contributed by atoms with Crippen LogP contribution in [0.5, 0.6) is 0 Å². The van der Waals surface area contributed by atoms with E-state index in [1.165, 1.54) is 0 Å². The molecule has 1 amide bonds. The number of furan rings is 1. The molecule has 2 heterocycles. The van der Waals surface area contributed by atoms with Crippen LogP contribution in [-0.2, 0) is 16.1 Å². The zero-order valence-corrected chi connectivity index (χ0v) is 13.7. The Morgan fingerprint density at radius 3 is 2.96 bits per heavy atom. The second kappa shape index (κ2) is 7.33. The lowest BCUT2D eigenvalue weighted by Crippen LogP contribution is -2.18. The Kier molecular flexibility index (Phi) is 4.98. The van der Waals surface area contributed by atoms with Gasteiger partial charge in [0.25, 0.3) is 0 Å². The van der Waals surface area contributed by atoms with Crippen molar-refractivity contribution in [2.24, 2.45) is 0 Å². The van der Waals surface area contributed by atoms with Crippen LogP contribution in [0.4, 0.5) is 5.69 Å². The lowest BCUT2D eigenvalue weighted by Gasteiger charge is -2.09. The molecule has 0 spiro atoms. The van der Waals surface area contributed by atoms with E-state index in [1.807, 2.05) is 6.92 Å². The van der Waals surface area contributed by atoms with Crippen molar-refractivity contribution in [2.45, 2.75) is 13.5 Å². The molecule has 0 aliphatic heterocycles. The lowest BCUT2D eigenvalue weighted by molar-refractivity contribution is -0.121. The fraction of sp³-hybridized carbons (Fsp3) is 0.176.